The van der Waals surface area contributed by atoms with Gasteiger partial charge in [0, 0.05) is 35.7 Å². The molecule has 10 nitrogen and oxygen atoms in total. The molecule has 3 heterocycles. The van der Waals surface area contributed by atoms with E-state index >= 15 is 0 Å². The van der Waals surface area contributed by atoms with Crippen LogP contribution in [0, 0.1) is 39.9 Å². The first-order valence-corrected chi connectivity index (χ1v) is 13.3. The van der Waals surface area contributed by atoms with E-state index in [2.05, 4.69) is 49.8 Å². The maximum absolute atomic E-state index is 13.8. The molecule has 1 fully saturated rings. The quantitative estimate of drug-likeness (QED) is 0.206. The fourth-order valence-corrected chi connectivity index (χ4v) is 4.87. The van der Waals surface area contributed by atoms with E-state index in [1.807, 2.05) is 35.3 Å². The van der Waals surface area contributed by atoms with Gasteiger partial charge in [-0.2, -0.15) is 20.2 Å². The highest BCUT2D eigenvalue weighted by molar-refractivity contribution is 5.99. The molecule has 0 saturated heterocycles. The van der Waals surface area contributed by atoms with Gasteiger partial charge in [-0.15, -0.1) is 5.53 Å². The smallest absolute Gasteiger partial charge is 0.212 e. The Balaban J connectivity index is 1.47. The number of halogens is 1. The van der Waals surface area contributed by atoms with Crippen molar-refractivity contribution in [2.45, 2.75) is 37.4 Å². The molecule has 0 amide bonds. The summed E-state index contributed by atoms with van der Waals surface area (Å²) in [6.07, 6.45) is 6.65. The number of aromatic nitrogens is 2. The van der Waals surface area contributed by atoms with Crippen LogP contribution in [0.15, 0.2) is 78.9 Å². The average Bonchev–Trinajstić information content (AvgIpc) is 3.76. The molecule has 6 rings (SSSR count). The van der Waals surface area contributed by atoms with Crippen LogP contribution in [0.25, 0.3) is 10.9 Å². The Kier molecular flexibility index (Phi) is 6.87. The van der Waals surface area contributed by atoms with Crippen LogP contribution in [0.4, 0.5) is 15.8 Å². The number of nitrogens with one attached hydrogen (secondary N) is 4. The molecule has 206 valence electrons. The summed E-state index contributed by atoms with van der Waals surface area (Å²) in [6.45, 7) is 0. The molecular weight excluding hydrogens is 531 g/mol. The second kappa shape index (κ2) is 11.4. The summed E-state index contributed by atoms with van der Waals surface area (Å²) in [4.78, 5) is 8.19. The Morgan fingerprint density at radius 3 is 2.50 bits per heavy atom. The molecule has 11 heteroatoms. The molecular formula is C31H25FN10. The summed E-state index contributed by atoms with van der Waals surface area (Å²) in [6, 6.07) is 20.1. The summed E-state index contributed by atoms with van der Waals surface area (Å²) in [7, 11) is 0. The normalized spacial score (nSPS) is 16.6. The van der Waals surface area contributed by atoms with Crippen LogP contribution in [-0.2, 0) is 0 Å². The van der Waals surface area contributed by atoms with Gasteiger partial charge in [-0.3, -0.25) is 9.99 Å². The van der Waals surface area contributed by atoms with E-state index in [1.54, 1.807) is 18.3 Å². The van der Waals surface area contributed by atoms with Crippen LogP contribution in [0.2, 0.25) is 0 Å². The van der Waals surface area contributed by atoms with Crippen molar-refractivity contribution in [3.05, 3.63) is 107 Å². The number of benzene rings is 2. The number of nitrogens with zero attached hydrogens (tertiary/aromatic N) is 6. The second-order valence-corrected chi connectivity index (χ2v) is 9.95. The van der Waals surface area contributed by atoms with Crippen LogP contribution >= 0.6 is 0 Å². The second-order valence-electron chi connectivity index (χ2n) is 9.95. The number of anilines is 2. The van der Waals surface area contributed by atoms with Gasteiger partial charge in [0.1, 0.15) is 12.1 Å². The molecule has 2 atom stereocenters. The molecule has 0 bridgehead atoms. The fourth-order valence-electron chi connectivity index (χ4n) is 4.87. The highest BCUT2D eigenvalue weighted by atomic mass is 19.1. The zero-order chi connectivity index (χ0) is 30.0. The van der Waals surface area contributed by atoms with E-state index in [1.165, 1.54) is 24.5 Å². The molecule has 0 spiro atoms. The standard InChI is InChI=1S/C31H25FN10/c32-28-9-6-20(16-36-28)31(27-18-42(41-40-27)24-7-8-24)38-23-12-21(14-34)29-25(13-23)30(22(15-35)17-37-29)39-26(10-11-33)19-4-2-1-3-5-19/h1-6,9,12-13,16-18,24,26,31,38,40-41H,7-8,10H2,(H,37,39)/t26-,31?/m1/s1/i31D. The summed E-state index contributed by atoms with van der Waals surface area (Å²) >= 11 is 0. The maximum Gasteiger partial charge on any atom is 0.212 e. The van der Waals surface area contributed by atoms with Crippen LogP contribution in [-0.4, -0.2) is 21.0 Å². The molecule has 2 aliphatic rings. The predicted octanol–water partition coefficient (Wildman–Crippen LogP) is 5.06. The van der Waals surface area contributed by atoms with Crippen molar-refractivity contribution in [3.63, 3.8) is 0 Å². The van der Waals surface area contributed by atoms with Gasteiger partial charge in [-0.05, 0) is 42.2 Å². The van der Waals surface area contributed by atoms with E-state index in [-0.39, 0.29) is 17.5 Å². The Morgan fingerprint density at radius 1 is 1.00 bits per heavy atom. The lowest BCUT2D eigenvalue weighted by atomic mass is 10.00. The zero-order valence-electron chi connectivity index (χ0n) is 23.3. The lowest BCUT2D eigenvalue weighted by molar-refractivity contribution is 0.260. The van der Waals surface area contributed by atoms with Crippen molar-refractivity contribution < 1.29 is 5.76 Å². The van der Waals surface area contributed by atoms with Gasteiger partial charge in [-0.1, -0.05) is 36.4 Å². The molecule has 1 aliphatic carbocycles. The first kappa shape index (κ1) is 25.3. The minimum Gasteiger partial charge on any atom is -0.376 e. The van der Waals surface area contributed by atoms with E-state index in [9.17, 15) is 21.5 Å². The fraction of sp³-hybridized carbons (Fsp3) is 0.194. The van der Waals surface area contributed by atoms with Gasteiger partial charge >= 0.3 is 0 Å². The lowest BCUT2D eigenvalue weighted by Crippen LogP contribution is -2.38. The van der Waals surface area contributed by atoms with E-state index in [0.717, 1.165) is 18.4 Å². The van der Waals surface area contributed by atoms with Crippen molar-refractivity contribution in [1.29, 1.82) is 15.8 Å². The van der Waals surface area contributed by atoms with Gasteiger partial charge in [0.15, 0.2) is 0 Å². The number of hydrogen-bond acceptors (Lipinski definition) is 10. The lowest BCUT2D eigenvalue weighted by Gasteiger charge is -2.23. The number of hydrazine groups is 2. The third-order valence-corrected chi connectivity index (χ3v) is 7.11. The first-order valence-electron chi connectivity index (χ1n) is 13.8. The van der Waals surface area contributed by atoms with E-state index in [4.69, 9.17) is 0 Å². The first-order chi connectivity index (χ1) is 20.9. The third-order valence-electron chi connectivity index (χ3n) is 7.11. The third kappa shape index (κ3) is 5.35. The highest BCUT2D eigenvalue weighted by Gasteiger charge is 2.32. The Bertz CT molecular complexity index is 1840. The molecule has 1 saturated carbocycles. The summed E-state index contributed by atoms with van der Waals surface area (Å²) in [5.41, 5.74) is 9.37. The van der Waals surface area contributed by atoms with Crippen molar-refractivity contribution >= 4 is 22.3 Å². The van der Waals surface area contributed by atoms with Gasteiger partial charge in [0.25, 0.3) is 0 Å². The maximum atomic E-state index is 13.8. The Morgan fingerprint density at radius 2 is 1.81 bits per heavy atom. The topological polar surface area (TPSA) is 149 Å². The Hall–Kier alpha value is -5.70. The van der Waals surface area contributed by atoms with Gasteiger partial charge < -0.3 is 16.1 Å². The van der Waals surface area contributed by atoms with E-state index in [0.29, 0.717) is 39.6 Å². The van der Waals surface area contributed by atoms with Crippen LogP contribution < -0.4 is 21.6 Å². The summed E-state index contributed by atoms with van der Waals surface area (Å²) < 4.78 is 23.4. The molecule has 4 aromatic rings. The SMILES string of the molecule is [2H]C(Nc1cc(C#N)c2ncc(C#N)c(N[C@H](CC#N)c3ccccc3)c2c1)(C1=CN(C2CC2)NN1)c1ccc(F)nc1. The number of fused-ring (bicyclic) bond motifs is 1. The number of rotatable bonds is 9. The van der Waals surface area contributed by atoms with Crippen LogP contribution in [0.1, 0.15) is 54.9 Å². The van der Waals surface area contributed by atoms with Gasteiger partial charge in [-0.25, -0.2) is 4.98 Å². The number of nitriles is 3. The van der Waals surface area contributed by atoms with Crippen molar-refractivity contribution in [2.24, 2.45) is 0 Å². The van der Waals surface area contributed by atoms with Crippen LogP contribution in [0.5, 0.6) is 0 Å². The van der Waals surface area contributed by atoms with Gasteiger partial charge in [0.05, 0.1) is 53.9 Å². The van der Waals surface area contributed by atoms with Gasteiger partial charge in [0.2, 0.25) is 5.95 Å². The van der Waals surface area contributed by atoms with Crippen molar-refractivity contribution in [1.82, 2.24) is 25.9 Å². The number of hydrogen-bond donors (Lipinski definition) is 4. The molecule has 1 unspecified atom stereocenters. The van der Waals surface area contributed by atoms with Crippen molar-refractivity contribution in [2.75, 3.05) is 10.6 Å². The van der Waals surface area contributed by atoms with E-state index < -0.39 is 18.0 Å². The molecule has 0 radical (unpaired) electrons. The molecule has 42 heavy (non-hydrogen) atoms. The number of pyridine rings is 2. The highest BCUT2D eigenvalue weighted by Crippen LogP contribution is 2.36. The summed E-state index contributed by atoms with van der Waals surface area (Å²) in [5, 5.41) is 38.6. The molecule has 1 aliphatic heterocycles. The minimum atomic E-state index is -1.68. The zero-order valence-corrected chi connectivity index (χ0v) is 22.3. The molecule has 2 aromatic carbocycles. The Labute approximate surface area is 243 Å². The van der Waals surface area contributed by atoms with Crippen molar-refractivity contribution in [3.8, 4) is 18.2 Å². The minimum absolute atomic E-state index is 0.124. The average molecular weight is 558 g/mol. The monoisotopic (exact) mass is 557 g/mol. The van der Waals surface area contributed by atoms with Crippen LogP contribution in [0.3, 0.4) is 0 Å². The molecule has 4 N–H and O–H groups in total. The molecule has 2 aromatic heterocycles. The largest absolute Gasteiger partial charge is 0.376 e. The predicted molar refractivity (Wildman–Crippen MR) is 154 cm³/mol. The summed E-state index contributed by atoms with van der Waals surface area (Å²) in [5.74, 6) is -0.675.